The third-order valence-electron chi connectivity index (χ3n) is 3.12. The number of carboxylic acids is 1. The van der Waals surface area contributed by atoms with Crippen LogP contribution in [0.15, 0.2) is 41.3 Å². The zero-order valence-electron chi connectivity index (χ0n) is 11.7. The Labute approximate surface area is 129 Å². The molecule has 0 aliphatic carbocycles. The van der Waals surface area contributed by atoms with Crippen LogP contribution in [0.25, 0.3) is 17.1 Å². The summed E-state index contributed by atoms with van der Waals surface area (Å²) in [5.41, 5.74) is 2.39. The van der Waals surface area contributed by atoms with E-state index in [1.54, 1.807) is 6.08 Å². The summed E-state index contributed by atoms with van der Waals surface area (Å²) in [4.78, 5) is 27.7. The molecule has 0 radical (unpaired) electrons. The van der Waals surface area contributed by atoms with E-state index in [1.165, 1.54) is 22.2 Å². The number of hydrogen-bond acceptors (Lipinski definition) is 4. The van der Waals surface area contributed by atoms with E-state index in [-0.39, 0.29) is 10.4 Å². The Bertz CT molecular complexity index is 936. The molecule has 1 N–H and O–H groups in total. The van der Waals surface area contributed by atoms with E-state index < -0.39 is 5.97 Å². The second kappa shape index (κ2) is 5.57. The van der Waals surface area contributed by atoms with Gasteiger partial charge in [-0.15, -0.1) is 0 Å². The van der Waals surface area contributed by atoms with Crippen molar-refractivity contribution in [3.8, 4) is 0 Å². The minimum absolute atomic E-state index is 0.0873. The molecular weight excluding hydrogens is 300 g/mol. The van der Waals surface area contributed by atoms with Gasteiger partial charge in [0.1, 0.15) is 4.88 Å². The molecule has 110 valence electrons. The minimum Gasteiger partial charge on any atom is -0.477 e. The van der Waals surface area contributed by atoms with E-state index in [2.05, 4.69) is 4.98 Å². The molecule has 0 spiro atoms. The molecule has 0 aliphatic heterocycles. The quantitative estimate of drug-likeness (QED) is 0.807. The smallest absolute Gasteiger partial charge is 0.347 e. The summed E-state index contributed by atoms with van der Waals surface area (Å²) in [5.74, 6) is -1.06. The van der Waals surface area contributed by atoms with Crippen molar-refractivity contribution in [2.75, 3.05) is 0 Å². The summed E-state index contributed by atoms with van der Waals surface area (Å²) in [6.45, 7) is 2.01. The number of carboxylic acid groups (broad SMARTS) is 1. The van der Waals surface area contributed by atoms with Crippen LogP contribution in [0.3, 0.4) is 0 Å². The maximum atomic E-state index is 12.0. The number of hydrogen-bond donors (Lipinski definition) is 1. The zero-order chi connectivity index (χ0) is 15.7. The molecular formula is C16H12N2O3S. The van der Waals surface area contributed by atoms with Crippen molar-refractivity contribution in [3.63, 3.8) is 0 Å². The van der Waals surface area contributed by atoms with Crippen LogP contribution in [0.5, 0.6) is 0 Å². The van der Waals surface area contributed by atoms with E-state index >= 15 is 0 Å². The molecule has 0 atom stereocenters. The van der Waals surface area contributed by atoms with Gasteiger partial charge in [0.25, 0.3) is 5.56 Å². The van der Waals surface area contributed by atoms with Gasteiger partial charge in [0.15, 0.2) is 4.96 Å². The number of nitrogens with zero attached hydrogens (tertiary/aromatic N) is 2. The van der Waals surface area contributed by atoms with Crippen molar-refractivity contribution in [2.24, 2.45) is 0 Å². The first-order valence-electron chi connectivity index (χ1n) is 6.54. The highest BCUT2D eigenvalue weighted by Crippen LogP contribution is 2.15. The van der Waals surface area contributed by atoms with Crippen molar-refractivity contribution in [3.05, 3.63) is 68.6 Å². The molecule has 0 fully saturated rings. The van der Waals surface area contributed by atoms with Crippen LogP contribution in [-0.4, -0.2) is 20.5 Å². The third-order valence-corrected chi connectivity index (χ3v) is 4.09. The summed E-state index contributed by atoms with van der Waals surface area (Å²) >= 11 is 0.976. The summed E-state index contributed by atoms with van der Waals surface area (Å²) in [6.07, 6.45) is 4.90. The summed E-state index contributed by atoms with van der Waals surface area (Å²) in [7, 11) is 0. The number of fused-ring (bicyclic) bond motifs is 1. The number of aromatic carboxylic acids is 1. The Morgan fingerprint density at radius 2 is 2.00 bits per heavy atom. The first kappa shape index (κ1) is 14.2. The topological polar surface area (TPSA) is 71.7 Å². The van der Waals surface area contributed by atoms with Crippen molar-refractivity contribution in [1.82, 2.24) is 9.38 Å². The maximum Gasteiger partial charge on any atom is 0.347 e. The van der Waals surface area contributed by atoms with Crippen molar-refractivity contribution in [2.45, 2.75) is 6.92 Å². The highest BCUT2D eigenvalue weighted by Gasteiger charge is 2.11. The number of carbonyl (C=O) groups is 1. The van der Waals surface area contributed by atoms with Gasteiger partial charge in [-0.25, -0.2) is 9.78 Å². The monoisotopic (exact) mass is 312 g/mol. The molecule has 3 rings (SSSR count). The van der Waals surface area contributed by atoms with E-state index in [0.29, 0.717) is 10.7 Å². The fourth-order valence-corrected chi connectivity index (χ4v) is 2.80. The third kappa shape index (κ3) is 2.82. The lowest BCUT2D eigenvalue weighted by atomic mass is 10.1. The van der Waals surface area contributed by atoms with Crippen molar-refractivity contribution >= 4 is 34.4 Å². The van der Waals surface area contributed by atoms with Crippen LogP contribution in [0.1, 0.15) is 26.5 Å². The average Bonchev–Trinajstić information content (AvgIpc) is 2.92. The fourth-order valence-electron chi connectivity index (χ4n) is 1.96. The van der Waals surface area contributed by atoms with E-state index in [1.807, 2.05) is 37.3 Å². The van der Waals surface area contributed by atoms with E-state index in [0.717, 1.165) is 16.9 Å². The highest BCUT2D eigenvalue weighted by atomic mass is 32.1. The Morgan fingerprint density at radius 3 is 2.68 bits per heavy atom. The van der Waals surface area contributed by atoms with Crippen LogP contribution in [0.4, 0.5) is 0 Å². The predicted molar refractivity (Wildman–Crippen MR) is 86.4 cm³/mol. The summed E-state index contributed by atoms with van der Waals surface area (Å²) in [6, 6.07) is 9.35. The standard InChI is InChI=1S/C16H12N2O3S/c1-10-2-4-11(5-3-10)6-7-12-8-14(19)18-9-13(15(20)21)22-16(18)17-12/h2-9H,1H3,(H,20,21)/b7-6+. The van der Waals surface area contributed by atoms with Crippen LogP contribution in [-0.2, 0) is 0 Å². The maximum absolute atomic E-state index is 12.0. The van der Waals surface area contributed by atoms with Crippen LogP contribution in [0.2, 0.25) is 0 Å². The summed E-state index contributed by atoms with van der Waals surface area (Å²) < 4.78 is 1.25. The Balaban J connectivity index is 1.99. The fraction of sp³-hybridized carbons (Fsp3) is 0.0625. The largest absolute Gasteiger partial charge is 0.477 e. The number of benzene rings is 1. The lowest BCUT2D eigenvalue weighted by Gasteiger charge is -1.96. The SMILES string of the molecule is Cc1ccc(/C=C/c2cc(=O)n3cc(C(=O)O)sc3n2)cc1. The van der Waals surface area contributed by atoms with Gasteiger partial charge in [-0.1, -0.05) is 47.2 Å². The lowest BCUT2D eigenvalue weighted by molar-refractivity contribution is 0.0702. The van der Waals surface area contributed by atoms with Gasteiger partial charge in [0.05, 0.1) is 5.69 Å². The molecule has 0 amide bonds. The Kier molecular flexibility index (Phi) is 3.60. The van der Waals surface area contributed by atoms with Crippen LogP contribution >= 0.6 is 11.3 Å². The van der Waals surface area contributed by atoms with E-state index in [4.69, 9.17) is 5.11 Å². The second-order valence-electron chi connectivity index (χ2n) is 4.82. The van der Waals surface area contributed by atoms with Gasteiger partial charge in [-0.05, 0) is 18.6 Å². The number of aryl methyl sites for hydroxylation is 1. The average molecular weight is 312 g/mol. The molecule has 0 saturated carbocycles. The van der Waals surface area contributed by atoms with Crippen molar-refractivity contribution in [1.29, 1.82) is 0 Å². The molecule has 0 aliphatic rings. The molecule has 2 heterocycles. The molecule has 6 heteroatoms. The second-order valence-corrected chi connectivity index (χ2v) is 5.83. The molecule has 1 aromatic carbocycles. The molecule has 3 aromatic rings. The van der Waals surface area contributed by atoms with Gasteiger partial charge in [-0.2, -0.15) is 0 Å². The molecule has 0 unspecified atom stereocenters. The zero-order valence-corrected chi connectivity index (χ0v) is 12.5. The normalized spacial score (nSPS) is 11.3. The predicted octanol–water partition coefficient (Wildman–Crippen LogP) is 2.93. The van der Waals surface area contributed by atoms with Crippen LogP contribution in [0, 0.1) is 6.92 Å². The number of thiazole rings is 1. The van der Waals surface area contributed by atoms with Gasteiger partial charge in [0.2, 0.25) is 0 Å². The molecule has 22 heavy (non-hydrogen) atoms. The minimum atomic E-state index is -1.06. The van der Waals surface area contributed by atoms with Gasteiger partial charge in [-0.3, -0.25) is 9.20 Å². The van der Waals surface area contributed by atoms with Crippen LogP contribution < -0.4 is 5.56 Å². The number of aromatic nitrogens is 2. The highest BCUT2D eigenvalue weighted by molar-refractivity contribution is 7.18. The lowest BCUT2D eigenvalue weighted by Crippen LogP contribution is -2.11. The molecule has 5 nitrogen and oxygen atoms in total. The molecule has 0 bridgehead atoms. The molecule has 0 saturated heterocycles. The first-order chi connectivity index (χ1) is 10.5. The van der Waals surface area contributed by atoms with E-state index in [9.17, 15) is 9.59 Å². The van der Waals surface area contributed by atoms with Gasteiger partial charge in [0, 0.05) is 12.3 Å². The Hall–Kier alpha value is -2.73. The summed E-state index contributed by atoms with van der Waals surface area (Å²) in [5, 5.41) is 8.97. The van der Waals surface area contributed by atoms with Crippen molar-refractivity contribution < 1.29 is 9.90 Å². The van der Waals surface area contributed by atoms with Gasteiger partial charge >= 0.3 is 5.97 Å². The first-order valence-corrected chi connectivity index (χ1v) is 7.36. The molecule has 2 aromatic heterocycles. The van der Waals surface area contributed by atoms with Gasteiger partial charge < -0.3 is 5.11 Å². The number of rotatable bonds is 3. The Morgan fingerprint density at radius 1 is 1.27 bits per heavy atom.